The second-order valence-corrected chi connectivity index (χ2v) is 5.03. The summed E-state index contributed by atoms with van der Waals surface area (Å²) in [5.74, 6) is 1.28. The number of nitrogens with one attached hydrogen (secondary N) is 2. The number of benzene rings is 1. The van der Waals surface area contributed by atoms with Crippen LogP contribution in [0.15, 0.2) is 18.2 Å². The van der Waals surface area contributed by atoms with Crippen LogP contribution >= 0.6 is 12.4 Å². The number of fused-ring (bicyclic) bond motifs is 1. The van der Waals surface area contributed by atoms with Crippen molar-refractivity contribution in [2.75, 3.05) is 13.3 Å². The minimum absolute atomic E-state index is 0. The third kappa shape index (κ3) is 2.99. The number of amides is 1. The van der Waals surface area contributed by atoms with E-state index in [0.717, 1.165) is 19.4 Å². The summed E-state index contributed by atoms with van der Waals surface area (Å²) >= 11 is 0. The summed E-state index contributed by atoms with van der Waals surface area (Å²) in [6.45, 7) is 3.35. The molecular weight excluding hydrogens is 280 g/mol. The van der Waals surface area contributed by atoms with Gasteiger partial charge in [0.25, 0.3) is 5.91 Å². The summed E-state index contributed by atoms with van der Waals surface area (Å²) in [7, 11) is 0. The fraction of sp³-hybridized carbons (Fsp3) is 0.500. The van der Waals surface area contributed by atoms with Crippen molar-refractivity contribution in [3.8, 4) is 11.5 Å². The van der Waals surface area contributed by atoms with Crippen molar-refractivity contribution in [1.29, 1.82) is 0 Å². The van der Waals surface area contributed by atoms with Gasteiger partial charge in [0.15, 0.2) is 11.5 Å². The van der Waals surface area contributed by atoms with Crippen LogP contribution in [0.3, 0.4) is 0 Å². The Hall–Kier alpha value is -1.46. The topological polar surface area (TPSA) is 59.6 Å². The Morgan fingerprint density at radius 2 is 2.15 bits per heavy atom. The van der Waals surface area contributed by atoms with Crippen molar-refractivity contribution in [3.63, 3.8) is 0 Å². The highest BCUT2D eigenvalue weighted by Gasteiger charge is 2.23. The van der Waals surface area contributed by atoms with Crippen LogP contribution in [0, 0.1) is 0 Å². The van der Waals surface area contributed by atoms with Crippen LogP contribution in [0.5, 0.6) is 11.5 Å². The number of rotatable bonds is 2. The molecule has 0 spiro atoms. The van der Waals surface area contributed by atoms with Crippen LogP contribution in [0.2, 0.25) is 0 Å². The first-order chi connectivity index (χ1) is 9.24. The Bertz CT molecular complexity index is 495. The van der Waals surface area contributed by atoms with Crippen molar-refractivity contribution in [3.05, 3.63) is 23.8 Å². The molecule has 1 saturated heterocycles. The lowest BCUT2D eigenvalue weighted by Crippen LogP contribution is -2.51. The molecule has 6 heteroatoms. The fourth-order valence-corrected chi connectivity index (χ4v) is 2.53. The molecule has 1 aromatic carbocycles. The Kier molecular flexibility index (Phi) is 4.73. The number of halogens is 1. The molecule has 0 aliphatic carbocycles. The summed E-state index contributed by atoms with van der Waals surface area (Å²) in [5.41, 5.74) is 0.613. The molecule has 1 amide bonds. The molecular formula is C14H19ClN2O3. The highest BCUT2D eigenvalue weighted by molar-refractivity contribution is 5.95. The molecule has 2 aliphatic heterocycles. The first-order valence-electron chi connectivity index (χ1n) is 6.68. The van der Waals surface area contributed by atoms with E-state index in [-0.39, 0.29) is 31.1 Å². The van der Waals surface area contributed by atoms with Gasteiger partial charge < -0.3 is 20.1 Å². The van der Waals surface area contributed by atoms with Crippen molar-refractivity contribution < 1.29 is 14.3 Å². The molecule has 0 radical (unpaired) electrons. The number of hydrogen-bond acceptors (Lipinski definition) is 4. The van der Waals surface area contributed by atoms with Gasteiger partial charge in [0.2, 0.25) is 6.79 Å². The van der Waals surface area contributed by atoms with Crippen LogP contribution in [0.4, 0.5) is 0 Å². The fourth-order valence-electron chi connectivity index (χ4n) is 2.53. The van der Waals surface area contributed by atoms with Gasteiger partial charge in [-0.15, -0.1) is 12.4 Å². The molecule has 2 heterocycles. The minimum Gasteiger partial charge on any atom is -0.454 e. The number of carbonyl (C=O) groups excluding carboxylic acids is 1. The van der Waals surface area contributed by atoms with Crippen molar-refractivity contribution in [2.24, 2.45) is 0 Å². The predicted molar refractivity (Wildman–Crippen MR) is 77.8 cm³/mol. The zero-order valence-corrected chi connectivity index (χ0v) is 12.2. The maximum absolute atomic E-state index is 12.2. The van der Waals surface area contributed by atoms with Crippen molar-refractivity contribution in [1.82, 2.24) is 10.6 Å². The van der Waals surface area contributed by atoms with E-state index in [0.29, 0.717) is 23.1 Å². The van der Waals surface area contributed by atoms with Gasteiger partial charge in [0, 0.05) is 17.6 Å². The molecule has 0 saturated carbocycles. The molecule has 5 nitrogen and oxygen atoms in total. The maximum atomic E-state index is 12.2. The highest BCUT2D eigenvalue weighted by atomic mass is 35.5. The Morgan fingerprint density at radius 1 is 1.35 bits per heavy atom. The van der Waals surface area contributed by atoms with Gasteiger partial charge in [-0.25, -0.2) is 0 Å². The average molecular weight is 299 g/mol. The Balaban J connectivity index is 0.00000147. The van der Waals surface area contributed by atoms with Gasteiger partial charge >= 0.3 is 0 Å². The molecule has 3 rings (SSSR count). The van der Waals surface area contributed by atoms with E-state index in [1.807, 2.05) is 0 Å². The van der Waals surface area contributed by atoms with Crippen LogP contribution in [-0.4, -0.2) is 31.3 Å². The standard InChI is InChI=1S/C14H18N2O3.ClH/c1-9-11(3-2-6-15-9)16-14(17)10-4-5-12-13(7-10)19-8-18-12;/h4-5,7,9,11,15H,2-3,6,8H2,1H3,(H,16,17);1H. The van der Waals surface area contributed by atoms with Crippen LogP contribution in [0.25, 0.3) is 0 Å². The zero-order valence-electron chi connectivity index (χ0n) is 11.3. The summed E-state index contributed by atoms with van der Waals surface area (Å²) in [5, 5.41) is 6.45. The number of piperidine rings is 1. The average Bonchev–Trinajstić information content (AvgIpc) is 2.88. The Labute approximate surface area is 124 Å². The minimum atomic E-state index is -0.0566. The summed E-state index contributed by atoms with van der Waals surface area (Å²) in [6, 6.07) is 5.78. The van der Waals surface area contributed by atoms with Gasteiger partial charge in [0.05, 0.1) is 0 Å². The van der Waals surface area contributed by atoms with E-state index in [9.17, 15) is 4.79 Å². The van der Waals surface area contributed by atoms with Crippen LogP contribution in [0.1, 0.15) is 30.1 Å². The first-order valence-corrected chi connectivity index (χ1v) is 6.68. The van der Waals surface area contributed by atoms with Crippen molar-refractivity contribution >= 4 is 18.3 Å². The quantitative estimate of drug-likeness (QED) is 0.873. The van der Waals surface area contributed by atoms with Gasteiger partial charge in [-0.1, -0.05) is 0 Å². The predicted octanol–water partition coefficient (Wildman–Crippen LogP) is 1.71. The molecule has 2 unspecified atom stereocenters. The number of carbonyl (C=O) groups is 1. The van der Waals surface area contributed by atoms with E-state index in [1.54, 1.807) is 18.2 Å². The van der Waals surface area contributed by atoms with Gasteiger partial charge in [-0.2, -0.15) is 0 Å². The number of hydrogen-bond donors (Lipinski definition) is 2. The normalized spacial score (nSPS) is 23.9. The molecule has 2 atom stereocenters. The van der Waals surface area contributed by atoms with E-state index >= 15 is 0 Å². The molecule has 2 N–H and O–H groups in total. The smallest absolute Gasteiger partial charge is 0.251 e. The molecule has 110 valence electrons. The zero-order chi connectivity index (χ0) is 13.2. The third-order valence-corrected chi connectivity index (χ3v) is 3.71. The van der Waals surface area contributed by atoms with Gasteiger partial charge in [0.1, 0.15) is 0 Å². The largest absolute Gasteiger partial charge is 0.454 e. The second kappa shape index (κ2) is 6.33. The molecule has 0 aromatic heterocycles. The third-order valence-electron chi connectivity index (χ3n) is 3.71. The lowest BCUT2D eigenvalue weighted by molar-refractivity contribution is 0.0919. The monoisotopic (exact) mass is 298 g/mol. The highest BCUT2D eigenvalue weighted by Crippen LogP contribution is 2.32. The maximum Gasteiger partial charge on any atom is 0.251 e. The summed E-state index contributed by atoms with van der Waals surface area (Å²) in [4.78, 5) is 12.2. The SMILES string of the molecule is CC1NCCCC1NC(=O)c1ccc2c(c1)OCO2.Cl. The van der Waals surface area contributed by atoms with E-state index in [2.05, 4.69) is 17.6 Å². The van der Waals surface area contributed by atoms with Gasteiger partial charge in [-0.3, -0.25) is 4.79 Å². The van der Waals surface area contributed by atoms with E-state index in [4.69, 9.17) is 9.47 Å². The van der Waals surface area contributed by atoms with Crippen molar-refractivity contribution in [2.45, 2.75) is 31.8 Å². The van der Waals surface area contributed by atoms with Crippen LogP contribution in [-0.2, 0) is 0 Å². The van der Waals surface area contributed by atoms with Crippen LogP contribution < -0.4 is 20.1 Å². The molecule has 1 fully saturated rings. The molecule has 0 bridgehead atoms. The van der Waals surface area contributed by atoms with Gasteiger partial charge in [-0.05, 0) is 44.5 Å². The molecule has 1 aromatic rings. The first kappa shape index (κ1) is 14.9. The molecule has 20 heavy (non-hydrogen) atoms. The summed E-state index contributed by atoms with van der Waals surface area (Å²) in [6.07, 6.45) is 2.11. The molecule has 2 aliphatic rings. The lowest BCUT2D eigenvalue weighted by atomic mass is 9.99. The number of ether oxygens (including phenoxy) is 2. The second-order valence-electron chi connectivity index (χ2n) is 5.03. The van der Waals surface area contributed by atoms with E-state index in [1.165, 1.54) is 0 Å². The Morgan fingerprint density at radius 3 is 2.95 bits per heavy atom. The van der Waals surface area contributed by atoms with E-state index < -0.39 is 0 Å². The summed E-state index contributed by atoms with van der Waals surface area (Å²) < 4.78 is 10.5. The lowest BCUT2D eigenvalue weighted by Gasteiger charge is -2.30.